The molecule has 0 saturated carbocycles. The number of likely N-dealkylation sites (N-methyl/N-ethyl adjacent to an activating group) is 1. The smallest absolute Gasteiger partial charge is 0.334 e. The molecule has 8 heteroatoms. The van der Waals surface area contributed by atoms with Gasteiger partial charge in [0.2, 0.25) is 0 Å². The topological polar surface area (TPSA) is 88.9 Å². The molecule has 8 nitrogen and oxygen atoms in total. The van der Waals surface area contributed by atoms with Gasteiger partial charge in [0.1, 0.15) is 0 Å². The van der Waals surface area contributed by atoms with Gasteiger partial charge < -0.3 is 9.30 Å². The van der Waals surface area contributed by atoms with Crippen molar-refractivity contribution < 1.29 is 23.9 Å². The summed E-state index contributed by atoms with van der Waals surface area (Å²) in [5, 5.41) is 0. The number of amides is 4. The molecule has 0 N–H and O–H groups in total. The average Bonchev–Trinajstić information content (AvgIpc) is 3.27. The average molecular weight is 361 g/mol. The Bertz CT molecular complexity index is 776. The standard InChI is InChI=1S/C18H23N3O5/c1-4-19-16(23)17(24)21(18(19)25)10-15(22)14-8-11(2)20(12(14)3)9-13-6-5-7-26-13/h8,13H,4-7,9-10H2,1-3H3/t13-/m0/s1. The van der Waals surface area contributed by atoms with E-state index in [2.05, 4.69) is 0 Å². The molecule has 0 radical (unpaired) electrons. The Labute approximate surface area is 151 Å². The van der Waals surface area contributed by atoms with Crippen molar-refractivity contribution in [1.82, 2.24) is 14.4 Å². The van der Waals surface area contributed by atoms with Gasteiger partial charge in [-0.2, -0.15) is 0 Å². The van der Waals surface area contributed by atoms with Crippen LogP contribution in [0.5, 0.6) is 0 Å². The van der Waals surface area contributed by atoms with Crippen molar-refractivity contribution in [3.05, 3.63) is 23.0 Å². The number of hydrogen-bond acceptors (Lipinski definition) is 5. The van der Waals surface area contributed by atoms with Crippen molar-refractivity contribution in [3.63, 3.8) is 0 Å². The van der Waals surface area contributed by atoms with Gasteiger partial charge in [-0.15, -0.1) is 0 Å². The Morgan fingerprint density at radius 2 is 1.88 bits per heavy atom. The quantitative estimate of drug-likeness (QED) is 0.433. The predicted octanol–water partition coefficient (Wildman–Crippen LogP) is 1.28. The highest BCUT2D eigenvalue weighted by molar-refractivity contribution is 6.45. The molecule has 2 fully saturated rings. The van der Waals surface area contributed by atoms with Crippen LogP contribution in [0, 0.1) is 13.8 Å². The van der Waals surface area contributed by atoms with Crippen LogP contribution < -0.4 is 0 Å². The molecule has 1 aromatic rings. The van der Waals surface area contributed by atoms with Gasteiger partial charge in [-0.1, -0.05) is 0 Å². The molecule has 0 unspecified atom stereocenters. The number of imide groups is 2. The van der Waals surface area contributed by atoms with E-state index in [1.54, 1.807) is 13.0 Å². The van der Waals surface area contributed by atoms with Gasteiger partial charge in [0.05, 0.1) is 12.6 Å². The van der Waals surface area contributed by atoms with Gasteiger partial charge in [0, 0.05) is 36.6 Å². The van der Waals surface area contributed by atoms with E-state index >= 15 is 0 Å². The first-order valence-corrected chi connectivity index (χ1v) is 8.84. The minimum absolute atomic E-state index is 0.101. The van der Waals surface area contributed by atoms with Crippen molar-refractivity contribution in [1.29, 1.82) is 0 Å². The molecule has 4 amide bonds. The highest BCUT2D eigenvalue weighted by atomic mass is 16.5. The number of carbonyl (C=O) groups is 4. The number of hydrogen-bond donors (Lipinski definition) is 0. The van der Waals surface area contributed by atoms with Crippen LogP contribution >= 0.6 is 0 Å². The van der Waals surface area contributed by atoms with Gasteiger partial charge in [0.25, 0.3) is 0 Å². The first-order chi connectivity index (χ1) is 12.3. The van der Waals surface area contributed by atoms with E-state index in [1.165, 1.54) is 0 Å². The van der Waals surface area contributed by atoms with E-state index in [4.69, 9.17) is 4.74 Å². The van der Waals surface area contributed by atoms with E-state index in [0.29, 0.717) is 12.1 Å². The molecule has 0 aliphatic carbocycles. The third kappa shape index (κ3) is 3.05. The van der Waals surface area contributed by atoms with E-state index in [1.807, 2.05) is 18.4 Å². The monoisotopic (exact) mass is 361 g/mol. The van der Waals surface area contributed by atoms with Crippen LogP contribution in [-0.2, 0) is 20.9 Å². The molecule has 1 aromatic heterocycles. The third-order valence-corrected chi connectivity index (χ3v) is 5.04. The van der Waals surface area contributed by atoms with Crippen LogP contribution in [-0.4, -0.2) is 63.8 Å². The van der Waals surface area contributed by atoms with Gasteiger partial charge in [-0.05, 0) is 39.7 Å². The Kier molecular flexibility index (Phi) is 4.95. The molecule has 2 saturated heterocycles. The number of Topliss-reactive ketones (excluding diaryl/α,β-unsaturated/α-hetero) is 1. The summed E-state index contributed by atoms with van der Waals surface area (Å²) in [6.45, 7) is 6.46. The zero-order chi connectivity index (χ0) is 19.0. The molecule has 3 rings (SSSR count). The second-order valence-electron chi connectivity index (χ2n) is 6.68. The number of urea groups is 1. The first kappa shape index (κ1) is 18.3. The van der Waals surface area contributed by atoms with Crippen molar-refractivity contribution in [3.8, 4) is 0 Å². The molecular weight excluding hydrogens is 338 g/mol. The van der Waals surface area contributed by atoms with Crippen molar-refractivity contribution >= 4 is 23.6 Å². The van der Waals surface area contributed by atoms with Gasteiger partial charge in [-0.25, -0.2) is 9.69 Å². The maximum atomic E-state index is 12.7. The highest BCUT2D eigenvalue weighted by Gasteiger charge is 2.44. The number of ketones is 1. The number of aryl methyl sites for hydroxylation is 1. The van der Waals surface area contributed by atoms with Crippen LogP contribution in [0.15, 0.2) is 6.07 Å². The maximum absolute atomic E-state index is 12.7. The third-order valence-electron chi connectivity index (χ3n) is 5.04. The molecule has 0 aromatic carbocycles. The number of nitrogens with zero attached hydrogens (tertiary/aromatic N) is 3. The molecular formula is C18H23N3O5. The number of carbonyl (C=O) groups excluding carboxylic acids is 4. The fourth-order valence-corrected chi connectivity index (χ4v) is 3.55. The summed E-state index contributed by atoms with van der Waals surface area (Å²) >= 11 is 0. The van der Waals surface area contributed by atoms with Gasteiger partial charge in [-0.3, -0.25) is 19.3 Å². The number of rotatable bonds is 6. The lowest BCUT2D eigenvalue weighted by Crippen LogP contribution is -2.37. The summed E-state index contributed by atoms with van der Waals surface area (Å²) in [6, 6.07) is 1.03. The zero-order valence-corrected chi connectivity index (χ0v) is 15.3. The Morgan fingerprint density at radius 1 is 1.19 bits per heavy atom. The van der Waals surface area contributed by atoms with Crippen LogP contribution in [0.3, 0.4) is 0 Å². The van der Waals surface area contributed by atoms with E-state index in [-0.39, 0.29) is 18.4 Å². The lowest BCUT2D eigenvalue weighted by molar-refractivity contribution is -0.143. The van der Waals surface area contributed by atoms with Crippen LogP contribution in [0.2, 0.25) is 0 Å². The number of aromatic nitrogens is 1. The summed E-state index contributed by atoms with van der Waals surface area (Å²) in [7, 11) is 0. The second kappa shape index (κ2) is 7.03. The minimum atomic E-state index is -0.946. The maximum Gasteiger partial charge on any atom is 0.334 e. The van der Waals surface area contributed by atoms with Gasteiger partial charge in [0.15, 0.2) is 5.78 Å². The molecule has 1 atom stereocenters. The highest BCUT2D eigenvalue weighted by Crippen LogP contribution is 2.21. The predicted molar refractivity (Wildman–Crippen MR) is 91.7 cm³/mol. The van der Waals surface area contributed by atoms with E-state index in [0.717, 1.165) is 40.6 Å². The van der Waals surface area contributed by atoms with E-state index in [9.17, 15) is 19.2 Å². The summed E-state index contributed by atoms with van der Waals surface area (Å²) in [5.41, 5.74) is 2.16. The molecule has 2 aliphatic heterocycles. The fraction of sp³-hybridized carbons (Fsp3) is 0.556. The number of ether oxygens (including phenoxy) is 1. The van der Waals surface area contributed by atoms with E-state index < -0.39 is 24.4 Å². The first-order valence-electron chi connectivity index (χ1n) is 8.84. The zero-order valence-electron chi connectivity index (χ0n) is 15.3. The van der Waals surface area contributed by atoms with Gasteiger partial charge >= 0.3 is 17.8 Å². The largest absolute Gasteiger partial charge is 0.376 e. The molecule has 3 heterocycles. The second-order valence-corrected chi connectivity index (χ2v) is 6.68. The summed E-state index contributed by atoms with van der Waals surface area (Å²) in [6.07, 6.45) is 2.17. The molecule has 140 valence electrons. The Balaban J connectivity index is 1.77. The lowest BCUT2D eigenvalue weighted by atomic mass is 10.1. The minimum Gasteiger partial charge on any atom is -0.376 e. The van der Waals surface area contributed by atoms with Crippen LogP contribution in [0.4, 0.5) is 4.79 Å². The Morgan fingerprint density at radius 3 is 2.46 bits per heavy atom. The lowest BCUT2D eigenvalue weighted by Gasteiger charge is -2.15. The fourth-order valence-electron chi connectivity index (χ4n) is 3.55. The van der Waals surface area contributed by atoms with Crippen LogP contribution in [0.1, 0.15) is 41.5 Å². The van der Waals surface area contributed by atoms with Crippen molar-refractivity contribution in [2.75, 3.05) is 19.7 Å². The van der Waals surface area contributed by atoms with Crippen LogP contribution in [0.25, 0.3) is 0 Å². The summed E-state index contributed by atoms with van der Waals surface area (Å²) in [5.74, 6) is -2.18. The van der Waals surface area contributed by atoms with Crippen molar-refractivity contribution in [2.45, 2.75) is 46.3 Å². The summed E-state index contributed by atoms with van der Waals surface area (Å²) < 4.78 is 7.69. The van der Waals surface area contributed by atoms with Crippen molar-refractivity contribution in [2.24, 2.45) is 0 Å². The molecule has 0 spiro atoms. The Hall–Kier alpha value is -2.48. The molecule has 2 aliphatic rings. The SMILES string of the molecule is CCN1C(=O)C(=O)N(CC(=O)c2cc(C)n(C[C@@H]3CCCO3)c2C)C1=O. The normalized spacial score (nSPS) is 20.6. The molecule has 26 heavy (non-hydrogen) atoms. The summed E-state index contributed by atoms with van der Waals surface area (Å²) in [4.78, 5) is 50.2. The molecule has 0 bridgehead atoms.